The first-order chi connectivity index (χ1) is 10.3. The number of aromatic nitrogens is 3. The monoisotopic (exact) mass is 321 g/mol. The molecule has 0 aliphatic carbocycles. The first kappa shape index (κ1) is 14.9. The number of hydrogen-bond acceptors (Lipinski definition) is 6. The van der Waals surface area contributed by atoms with Gasteiger partial charge in [0.05, 0.1) is 23.6 Å². The number of nitrogens with one attached hydrogen (secondary N) is 1. The molecule has 1 aromatic heterocycles. The molecule has 7 heteroatoms. The van der Waals surface area contributed by atoms with Gasteiger partial charge >= 0.3 is 0 Å². The van der Waals surface area contributed by atoms with Crippen molar-refractivity contribution in [2.24, 2.45) is 5.84 Å². The molecule has 0 radical (unpaired) electrons. The summed E-state index contributed by atoms with van der Waals surface area (Å²) < 4.78 is 1.87. The standard InChI is InChI=1S/C14H19N5S2/c1-10-14(21-8-7-20-10)13(17-15)12-9-16-18-19(12)11-5-3-2-4-6-11/h2-6,9-10,13-14,17H,7-8,15H2,1H3. The quantitative estimate of drug-likeness (QED) is 0.663. The van der Waals surface area contributed by atoms with Crippen molar-refractivity contribution in [3.8, 4) is 5.69 Å². The van der Waals surface area contributed by atoms with Gasteiger partial charge in [0.15, 0.2) is 0 Å². The molecule has 1 aliphatic rings. The van der Waals surface area contributed by atoms with Gasteiger partial charge in [-0.2, -0.15) is 23.5 Å². The molecule has 1 aromatic carbocycles. The van der Waals surface area contributed by atoms with Crippen LogP contribution in [0.4, 0.5) is 0 Å². The van der Waals surface area contributed by atoms with Gasteiger partial charge in [0.1, 0.15) is 0 Å². The molecule has 3 unspecified atom stereocenters. The Balaban J connectivity index is 1.93. The Morgan fingerprint density at radius 1 is 1.29 bits per heavy atom. The number of hydrazine groups is 1. The van der Waals surface area contributed by atoms with Gasteiger partial charge in [-0.25, -0.2) is 4.68 Å². The third kappa shape index (κ3) is 3.11. The Bertz CT molecular complexity index is 574. The Hall–Kier alpha value is -1.02. The van der Waals surface area contributed by atoms with Crippen molar-refractivity contribution in [1.82, 2.24) is 20.4 Å². The summed E-state index contributed by atoms with van der Waals surface area (Å²) in [5.74, 6) is 8.22. The van der Waals surface area contributed by atoms with Crippen molar-refractivity contribution in [2.75, 3.05) is 11.5 Å². The van der Waals surface area contributed by atoms with Crippen LogP contribution >= 0.6 is 23.5 Å². The summed E-state index contributed by atoms with van der Waals surface area (Å²) in [7, 11) is 0. The maximum absolute atomic E-state index is 5.86. The SMILES string of the molecule is CC1SCCSC1C(NN)c1cnnn1-c1ccccc1. The highest BCUT2D eigenvalue weighted by molar-refractivity contribution is 8.07. The van der Waals surface area contributed by atoms with Crippen LogP contribution in [0.3, 0.4) is 0 Å². The van der Waals surface area contributed by atoms with Crippen LogP contribution < -0.4 is 11.3 Å². The second kappa shape index (κ2) is 6.83. The van der Waals surface area contributed by atoms with Crippen LogP contribution in [0.1, 0.15) is 18.7 Å². The van der Waals surface area contributed by atoms with E-state index in [0.29, 0.717) is 10.5 Å². The van der Waals surface area contributed by atoms with E-state index >= 15 is 0 Å². The van der Waals surface area contributed by atoms with E-state index in [4.69, 9.17) is 5.84 Å². The number of benzene rings is 1. The zero-order valence-corrected chi connectivity index (χ0v) is 13.5. The number of nitrogens with zero attached hydrogens (tertiary/aromatic N) is 3. The van der Waals surface area contributed by atoms with E-state index in [-0.39, 0.29) is 6.04 Å². The molecule has 112 valence electrons. The van der Waals surface area contributed by atoms with E-state index in [0.717, 1.165) is 17.1 Å². The van der Waals surface area contributed by atoms with Crippen molar-refractivity contribution < 1.29 is 0 Å². The lowest BCUT2D eigenvalue weighted by Crippen LogP contribution is -2.41. The second-order valence-electron chi connectivity index (χ2n) is 4.96. The van der Waals surface area contributed by atoms with E-state index in [1.54, 1.807) is 0 Å². The molecule has 0 amide bonds. The second-order valence-corrected chi connectivity index (χ2v) is 7.73. The van der Waals surface area contributed by atoms with Gasteiger partial charge in [-0.1, -0.05) is 30.3 Å². The summed E-state index contributed by atoms with van der Waals surface area (Å²) in [5, 5.41) is 9.28. The number of para-hydroxylation sites is 1. The van der Waals surface area contributed by atoms with Crippen molar-refractivity contribution in [2.45, 2.75) is 23.5 Å². The van der Waals surface area contributed by atoms with Crippen molar-refractivity contribution in [3.63, 3.8) is 0 Å². The molecular formula is C14H19N5S2. The molecule has 2 heterocycles. The molecule has 1 saturated heterocycles. The number of rotatable bonds is 4. The van der Waals surface area contributed by atoms with E-state index in [2.05, 4.69) is 22.7 Å². The van der Waals surface area contributed by atoms with Crippen molar-refractivity contribution in [3.05, 3.63) is 42.2 Å². The normalized spacial score (nSPS) is 23.9. The van der Waals surface area contributed by atoms with E-state index in [9.17, 15) is 0 Å². The third-order valence-corrected chi connectivity index (χ3v) is 6.83. The molecule has 1 fully saturated rings. The first-order valence-electron chi connectivity index (χ1n) is 6.96. The van der Waals surface area contributed by atoms with Crippen LogP contribution in [0.15, 0.2) is 36.5 Å². The average Bonchev–Trinajstić information content (AvgIpc) is 3.00. The largest absolute Gasteiger partial charge is 0.271 e. The van der Waals surface area contributed by atoms with Gasteiger partial charge in [0.25, 0.3) is 0 Å². The van der Waals surface area contributed by atoms with E-state index < -0.39 is 0 Å². The van der Waals surface area contributed by atoms with Crippen molar-refractivity contribution in [1.29, 1.82) is 0 Å². The molecule has 1 aliphatic heterocycles. The maximum Gasteiger partial charge on any atom is 0.0840 e. The lowest BCUT2D eigenvalue weighted by molar-refractivity contribution is 0.501. The smallest absolute Gasteiger partial charge is 0.0840 e. The van der Waals surface area contributed by atoms with Crippen LogP contribution in [-0.4, -0.2) is 37.0 Å². The van der Waals surface area contributed by atoms with Crippen molar-refractivity contribution >= 4 is 23.5 Å². The Labute approximate surface area is 133 Å². The summed E-state index contributed by atoms with van der Waals surface area (Å²) in [4.78, 5) is 0. The minimum Gasteiger partial charge on any atom is -0.271 e. The predicted octanol–water partition coefficient (Wildman–Crippen LogP) is 2.01. The third-order valence-electron chi connectivity index (χ3n) is 3.64. The molecule has 2 aromatic rings. The van der Waals surface area contributed by atoms with Gasteiger partial charge in [-0.15, -0.1) is 5.10 Å². The van der Waals surface area contributed by atoms with Gasteiger partial charge in [-0.05, 0) is 12.1 Å². The minimum atomic E-state index is 0.0352. The van der Waals surface area contributed by atoms with Crippen LogP contribution in [-0.2, 0) is 0 Å². The summed E-state index contributed by atoms with van der Waals surface area (Å²) in [6, 6.07) is 10.1. The highest BCUT2D eigenvalue weighted by Gasteiger charge is 2.33. The number of hydrogen-bond donors (Lipinski definition) is 2. The zero-order chi connectivity index (χ0) is 14.7. The molecule has 3 rings (SSSR count). The van der Waals surface area contributed by atoms with Gasteiger partial charge in [0.2, 0.25) is 0 Å². The maximum atomic E-state index is 5.86. The molecule has 3 N–H and O–H groups in total. The number of thioether (sulfide) groups is 2. The molecule has 0 bridgehead atoms. The lowest BCUT2D eigenvalue weighted by Gasteiger charge is -2.33. The number of nitrogens with two attached hydrogens (primary N) is 1. The van der Waals surface area contributed by atoms with Crippen LogP contribution in [0, 0.1) is 0 Å². The van der Waals surface area contributed by atoms with E-state index in [1.165, 1.54) is 5.75 Å². The van der Waals surface area contributed by atoms with Gasteiger partial charge in [0, 0.05) is 22.0 Å². The molecule has 0 spiro atoms. The fourth-order valence-corrected chi connectivity index (χ4v) is 5.50. The first-order valence-corrected chi connectivity index (χ1v) is 9.06. The van der Waals surface area contributed by atoms with E-state index in [1.807, 2.05) is 64.7 Å². The molecular weight excluding hydrogens is 302 g/mol. The van der Waals surface area contributed by atoms with Crippen LogP contribution in [0.5, 0.6) is 0 Å². The summed E-state index contributed by atoms with van der Waals surface area (Å²) in [5.41, 5.74) is 5.00. The fraction of sp³-hybridized carbons (Fsp3) is 0.429. The topological polar surface area (TPSA) is 68.8 Å². The Morgan fingerprint density at radius 3 is 2.76 bits per heavy atom. The molecule has 21 heavy (non-hydrogen) atoms. The summed E-state index contributed by atoms with van der Waals surface area (Å²) >= 11 is 3.98. The Morgan fingerprint density at radius 2 is 2.05 bits per heavy atom. The summed E-state index contributed by atoms with van der Waals surface area (Å²) in [6.45, 7) is 2.27. The highest BCUT2D eigenvalue weighted by atomic mass is 32.2. The Kier molecular flexibility index (Phi) is 4.84. The van der Waals surface area contributed by atoms with Crippen LogP contribution in [0.25, 0.3) is 5.69 Å². The fourth-order valence-electron chi connectivity index (χ4n) is 2.59. The minimum absolute atomic E-state index is 0.0352. The van der Waals surface area contributed by atoms with Gasteiger partial charge < -0.3 is 0 Å². The zero-order valence-electron chi connectivity index (χ0n) is 11.8. The summed E-state index contributed by atoms with van der Waals surface area (Å²) in [6.07, 6.45) is 1.81. The molecule has 3 atom stereocenters. The highest BCUT2D eigenvalue weighted by Crippen LogP contribution is 2.38. The molecule has 0 saturated carbocycles. The lowest BCUT2D eigenvalue weighted by atomic mass is 10.1. The predicted molar refractivity (Wildman–Crippen MR) is 89.6 cm³/mol. The van der Waals surface area contributed by atoms with Crippen LogP contribution in [0.2, 0.25) is 0 Å². The molecule has 5 nitrogen and oxygen atoms in total. The van der Waals surface area contributed by atoms with Gasteiger partial charge in [-0.3, -0.25) is 11.3 Å². The average molecular weight is 321 g/mol.